The highest BCUT2D eigenvalue weighted by Gasteiger charge is 2.60. The molecule has 1 atom stereocenters. The van der Waals surface area contributed by atoms with Gasteiger partial charge in [0, 0.05) is 32.8 Å². The highest BCUT2D eigenvalue weighted by atomic mass is 32.2. The maximum absolute atomic E-state index is 14.1. The molecule has 0 aromatic heterocycles. The molecule has 1 saturated carbocycles. The van der Waals surface area contributed by atoms with Crippen molar-refractivity contribution in [1.29, 1.82) is 0 Å². The zero-order valence-corrected chi connectivity index (χ0v) is 17.1. The molecule has 1 unspecified atom stereocenters. The van der Waals surface area contributed by atoms with Crippen LogP contribution in [0.15, 0.2) is 29.2 Å². The molecule has 0 spiro atoms. The third-order valence-corrected chi connectivity index (χ3v) is 8.91. The molecule has 3 fully saturated rings. The summed E-state index contributed by atoms with van der Waals surface area (Å²) in [5.41, 5.74) is 0. The van der Waals surface area contributed by atoms with Gasteiger partial charge in [0.1, 0.15) is 0 Å². The Hall–Kier alpha value is -0.990. The van der Waals surface area contributed by atoms with E-state index in [1.165, 1.54) is 6.42 Å². The second-order valence-corrected chi connectivity index (χ2v) is 10.2. The summed E-state index contributed by atoms with van der Waals surface area (Å²) in [6, 6.07) is 10.1. The normalized spacial score (nSPS) is 29.9. The summed E-state index contributed by atoms with van der Waals surface area (Å²) in [5.74, 6) is 0. The number of likely N-dealkylation sites (N-methyl/N-ethyl adjacent to an activating group) is 1. The molecule has 2 aliphatic heterocycles. The van der Waals surface area contributed by atoms with Gasteiger partial charge in [-0.3, -0.25) is 14.7 Å². The van der Waals surface area contributed by atoms with Crippen molar-refractivity contribution in [1.82, 2.24) is 14.7 Å². The van der Waals surface area contributed by atoms with Crippen LogP contribution in [0.2, 0.25) is 0 Å². The van der Waals surface area contributed by atoms with Gasteiger partial charge in [0.25, 0.3) is 0 Å². The van der Waals surface area contributed by atoms with E-state index in [2.05, 4.69) is 20.8 Å². The van der Waals surface area contributed by atoms with Crippen molar-refractivity contribution >= 4 is 9.84 Å². The van der Waals surface area contributed by atoms with Crippen molar-refractivity contribution in [3.63, 3.8) is 0 Å². The minimum Gasteiger partial charge on any atom is -0.381 e. The standard InChI is InChI=1S/C20H30N3O3S/c1-21-15-20(23(16-21)17-7-6-8-17,22-13-11-18(26-2)12-14-22)27(24,25)19-9-4-3-5-10-19/h4-5,9-10,17-18H,6-8,11-16H2,1-2H3. The summed E-state index contributed by atoms with van der Waals surface area (Å²) >= 11 is 0. The summed E-state index contributed by atoms with van der Waals surface area (Å²) in [7, 11) is 0.201. The van der Waals surface area contributed by atoms with E-state index in [9.17, 15) is 8.42 Å². The topological polar surface area (TPSA) is 53.1 Å². The molecule has 2 saturated heterocycles. The van der Waals surface area contributed by atoms with Crippen LogP contribution >= 0.6 is 0 Å². The first-order valence-electron chi connectivity index (χ1n) is 9.93. The number of nitrogens with zero attached hydrogens (tertiary/aromatic N) is 3. The van der Waals surface area contributed by atoms with Crippen LogP contribution in [-0.2, 0) is 14.6 Å². The number of piperidine rings is 1. The predicted molar refractivity (Wildman–Crippen MR) is 104 cm³/mol. The number of ether oxygens (including phenoxy) is 1. The molecule has 6 nitrogen and oxygen atoms in total. The van der Waals surface area contributed by atoms with Gasteiger partial charge in [0.2, 0.25) is 9.84 Å². The number of sulfone groups is 1. The summed E-state index contributed by atoms with van der Waals surface area (Å²) < 4.78 is 33.6. The SMILES string of the molecule is COC1CCN(C2(S(=O)(=O)c3cc[c]cc3)CN(C)CN2C2CCC2)CC1. The number of benzene rings is 1. The van der Waals surface area contributed by atoms with Gasteiger partial charge >= 0.3 is 0 Å². The molecule has 7 heteroatoms. The van der Waals surface area contributed by atoms with Crippen LogP contribution < -0.4 is 0 Å². The zero-order chi connectivity index (χ0) is 19.1. The van der Waals surface area contributed by atoms with Gasteiger partial charge in [0.05, 0.1) is 17.7 Å². The van der Waals surface area contributed by atoms with Crippen molar-refractivity contribution in [2.75, 3.05) is 40.5 Å². The number of likely N-dealkylation sites (tertiary alicyclic amines) is 1. The first-order valence-corrected chi connectivity index (χ1v) is 11.4. The quantitative estimate of drug-likeness (QED) is 0.761. The van der Waals surface area contributed by atoms with Crippen molar-refractivity contribution in [3.8, 4) is 0 Å². The van der Waals surface area contributed by atoms with E-state index < -0.39 is 14.8 Å². The number of hydrogen-bond donors (Lipinski definition) is 0. The Morgan fingerprint density at radius 1 is 1.15 bits per heavy atom. The van der Waals surface area contributed by atoms with Gasteiger partial charge in [-0.2, -0.15) is 0 Å². The van der Waals surface area contributed by atoms with Crippen LogP contribution in [0.4, 0.5) is 0 Å². The average molecular weight is 393 g/mol. The lowest BCUT2D eigenvalue weighted by Crippen LogP contribution is -2.68. The highest BCUT2D eigenvalue weighted by molar-refractivity contribution is 7.92. The van der Waals surface area contributed by atoms with E-state index >= 15 is 0 Å². The Morgan fingerprint density at radius 3 is 2.37 bits per heavy atom. The molecule has 1 radical (unpaired) electrons. The van der Waals surface area contributed by atoms with Crippen LogP contribution in [0.5, 0.6) is 0 Å². The molecule has 3 aliphatic rings. The molecule has 1 aromatic carbocycles. The number of methoxy groups -OCH3 is 1. The van der Waals surface area contributed by atoms with E-state index in [0.717, 1.165) is 38.8 Å². The fraction of sp³-hybridized carbons (Fsp3) is 0.700. The lowest BCUT2D eigenvalue weighted by atomic mass is 9.91. The third-order valence-electron chi connectivity index (χ3n) is 6.53. The van der Waals surface area contributed by atoms with Gasteiger partial charge in [-0.05, 0) is 50.9 Å². The van der Waals surface area contributed by atoms with Gasteiger partial charge in [-0.1, -0.05) is 18.6 Å². The highest BCUT2D eigenvalue weighted by Crippen LogP contribution is 2.43. The second-order valence-electron chi connectivity index (χ2n) is 8.11. The Balaban J connectivity index is 1.78. The summed E-state index contributed by atoms with van der Waals surface area (Å²) in [4.78, 5) is 6.06. The van der Waals surface area contributed by atoms with Crippen molar-refractivity contribution in [3.05, 3.63) is 30.3 Å². The van der Waals surface area contributed by atoms with E-state index in [0.29, 0.717) is 24.2 Å². The van der Waals surface area contributed by atoms with Crippen molar-refractivity contribution in [2.24, 2.45) is 0 Å². The molecular weight excluding hydrogens is 362 g/mol. The molecule has 0 N–H and O–H groups in total. The zero-order valence-electron chi connectivity index (χ0n) is 16.3. The fourth-order valence-electron chi connectivity index (χ4n) is 4.83. The fourth-order valence-corrected chi connectivity index (χ4v) is 7.13. The van der Waals surface area contributed by atoms with Crippen LogP contribution in [0.25, 0.3) is 0 Å². The van der Waals surface area contributed by atoms with Crippen molar-refractivity contribution < 1.29 is 13.2 Å². The summed E-state index contributed by atoms with van der Waals surface area (Å²) in [5, 5.41) is 0. The Morgan fingerprint density at radius 2 is 1.81 bits per heavy atom. The second kappa shape index (κ2) is 7.44. The Kier molecular flexibility index (Phi) is 5.33. The number of rotatable bonds is 5. The molecule has 1 aliphatic carbocycles. The van der Waals surface area contributed by atoms with Crippen LogP contribution in [-0.4, -0.2) is 80.7 Å². The van der Waals surface area contributed by atoms with E-state index in [-0.39, 0.29) is 6.10 Å². The molecule has 1 aromatic rings. The average Bonchev–Trinajstić information content (AvgIpc) is 2.99. The lowest BCUT2D eigenvalue weighted by molar-refractivity contribution is -0.0440. The monoisotopic (exact) mass is 392 g/mol. The Labute approximate surface area is 163 Å². The molecule has 149 valence electrons. The lowest BCUT2D eigenvalue weighted by Gasteiger charge is -2.51. The van der Waals surface area contributed by atoms with Crippen molar-refractivity contribution in [2.45, 2.75) is 54.1 Å². The minimum atomic E-state index is -3.58. The molecule has 0 bridgehead atoms. The van der Waals surface area contributed by atoms with Gasteiger partial charge in [-0.25, -0.2) is 8.42 Å². The third kappa shape index (κ3) is 3.13. The molecule has 2 heterocycles. The molecular formula is C20H30N3O3S. The van der Waals surface area contributed by atoms with Gasteiger partial charge in [-0.15, -0.1) is 0 Å². The first kappa shape index (κ1) is 19.3. The van der Waals surface area contributed by atoms with Crippen LogP contribution in [0.1, 0.15) is 32.1 Å². The smallest absolute Gasteiger partial charge is 0.212 e. The van der Waals surface area contributed by atoms with E-state index in [4.69, 9.17) is 4.74 Å². The van der Waals surface area contributed by atoms with Crippen LogP contribution in [0.3, 0.4) is 0 Å². The molecule has 0 amide bonds. The van der Waals surface area contributed by atoms with Crippen LogP contribution in [0, 0.1) is 6.07 Å². The predicted octanol–water partition coefficient (Wildman–Crippen LogP) is 1.78. The summed E-state index contributed by atoms with van der Waals surface area (Å²) in [6.07, 6.45) is 5.33. The molecule has 27 heavy (non-hydrogen) atoms. The first-order chi connectivity index (χ1) is 13.0. The largest absolute Gasteiger partial charge is 0.381 e. The van der Waals surface area contributed by atoms with E-state index in [1.54, 1.807) is 31.4 Å². The molecule has 4 rings (SSSR count). The maximum Gasteiger partial charge on any atom is 0.212 e. The minimum absolute atomic E-state index is 0.226. The number of hydrogen-bond acceptors (Lipinski definition) is 6. The van der Waals surface area contributed by atoms with E-state index in [1.807, 2.05) is 7.05 Å². The maximum atomic E-state index is 14.1. The summed E-state index contributed by atoms with van der Waals surface area (Å²) in [6.45, 7) is 2.71. The van der Waals surface area contributed by atoms with Gasteiger partial charge < -0.3 is 4.74 Å². The van der Waals surface area contributed by atoms with Gasteiger partial charge in [0.15, 0.2) is 4.99 Å². The Bertz CT molecular complexity index is 745.